The topological polar surface area (TPSA) is 55.6 Å². The Kier molecular flexibility index (Phi) is 4.32. The number of benzene rings is 1. The van der Waals surface area contributed by atoms with Crippen LogP contribution in [0.15, 0.2) is 18.2 Å². The molecule has 1 aromatic rings. The second kappa shape index (κ2) is 5.80. The van der Waals surface area contributed by atoms with Gasteiger partial charge in [0.25, 0.3) is 5.91 Å². The molecule has 1 fully saturated rings. The van der Waals surface area contributed by atoms with E-state index < -0.39 is 0 Å². The van der Waals surface area contributed by atoms with Crippen molar-refractivity contribution in [1.82, 2.24) is 4.90 Å². The van der Waals surface area contributed by atoms with E-state index >= 15 is 0 Å². The second-order valence-corrected chi connectivity index (χ2v) is 5.27. The average molecular weight is 283 g/mol. The number of amides is 1. The van der Waals surface area contributed by atoms with Gasteiger partial charge in [-0.15, -0.1) is 0 Å². The number of hydrogen-bond donors (Lipinski definition) is 1. The summed E-state index contributed by atoms with van der Waals surface area (Å²) in [5, 5.41) is 0.417. The maximum absolute atomic E-state index is 12.6. The van der Waals surface area contributed by atoms with Gasteiger partial charge in [-0.25, -0.2) is 0 Å². The number of carbonyl (C=O) groups excluding carboxylic acids is 1. The Hall–Kier alpha value is -1.26. The lowest BCUT2D eigenvalue weighted by molar-refractivity contribution is -0.0443. The third-order valence-corrected chi connectivity index (χ3v) is 3.81. The lowest BCUT2D eigenvalue weighted by Crippen LogP contribution is -2.51. The highest BCUT2D eigenvalue weighted by atomic mass is 35.5. The van der Waals surface area contributed by atoms with Crippen molar-refractivity contribution in [1.29, 1.82) is 0 Å². The largest absolute Gasteiger partial charge is 0.397 e. The molecule has 0 spiro atoms. The van der Waals surface area contributed by atoms with Crippen LogP contribution in [0.5, 0.6) is 0 Å². The lowest BCUT2D eigenvalue weighted by atomic mass is 10.1. The molecule has 1 aliphatic rings. The van der Waals surface area contributed by atoms with Gasteiger partial charge in [-0.3, -0.25) is 4.79 Å². The fourth-order valence-corrected chi connectivity index (χ4v) is 2.48. The van der Waals surface area contributed by atoms with Gasteiger partial charge in [0.15, 0.2) is 0 Å². The molecule has 2 N–H and O–H groups in total. The van der Waals surface area contributed by atoms with Crippen LogP contribution >= 0.6 is 11.6 Å². The highest BCUT2D eigenvalue weighted by Crippen LogP contribution is 2.26. The molecule has 5 heteroatoms. The molecule has 104 valence electrons. The van der Waals surface area contributed by atoms with E-state index in [0.717, 1.165) is 6.42 Å². The Bertz CT molecular complexity index is 479. The van der Waals surface area contributed by atoms with Gasteiger partial charge < -0.3 is 15.4 Å². The summed E-state index contributed by atoms with van der Waals surface area (Å²) < 4.78 is 5.60. The van der Waals surface area contributed by atoms with Gasteiger partial charge in [0.05, 0.1) is 35.0 Å². The van der Waals surface area contributed by atoms with Crippen molar-refractivity contribution < 1.29 is 9.53 Å². The number of rotatable bonds is 2. The van der Waals surface area contributed by atoms with E-state index in [1.165, 1.54) is 0 Å². The fourth-order valence-electron chi connectivity index (χ4n) is 2.31. The summed E-state index contributed by atoms with van der Waals surface area (Å²) in [6.07, 6.45) is 0.908. The van der Waals surface area contributed by atoms with E-state index in [-0.39, 0.29) is 18.1 Å². The third kappa shape index (κ3) is 2.85. The van der Waals surface area contributed by atoms with Crippen molar-refractivity contribution in [3.8, 4) is 0 Å². The van der Waals surface area contributed by atoms with E-state index in [2.05, 4.69) is 0 Å². The van der Waals surface area contributed by atoms with Crippen LogP contribution in [0.25, 0.3) is 0 Å². The summed E-state index contributed by atoms with van der Waals surface area (Å²) in [4.78, 5) is 14.5. The molecule has 2 rings (SSSR count). The normalized spacial score (nSPS) is 23.4. The lowest BCUT2D eigenvalue weighted by Gasteiger charge is -2.38. The summed E-state index contributed by atoms with van der Waals surface area (Å²) >= 11 is 5.98. The SMILES string of the molecule is CCC1COC(C)CN1C(=O)c1cccc(Cl)c1N. The molecule has 2 unspecified atom stereocenters. The van der Waals surface area contributed by atoms with Crippen molar-refractivity contribution in [3.05, 3.63) is 28.8 Å². The molecule has 1 saturated heterocycles. The van der Waals surface area contributed by atoms with Gasteiger partial charge in [-0.1, -0.05) is 24.6 Å². The Morgan fingerprint density at radius 3 is 3.00 bits per heavy atom. The zero-order valence-electron chi connectivity index (χ0n) is 11.2. The molecule has 1 amide bonds. The summed E-state index contributed by atoms with van der Waals surface area (Å²) in [6.45, 7) is 5.17. The maximum Gasteiger partial charge on any atom is 0.256 e. The first kappa shape index (κ1) is 14.2. The minimum atomic E-state index is -0.0676. The molecule has 1 aliphatic heterocycles. The summed E-state index contributed by atoms with van der Waals surface area (Å²) in [7, 11) is 0. The first-order valence-electron chi connectivity index (χ1n) is 6.51. The number of nitrogens with two attached hydrogens (primary N) is 1. The molecule has 4 nitrogen and oxygen atoms in total. The van der Waals surface area contributed by atoms with Crippen molar-refractivity contribution in [2.45, 2.75) is 32.4 Å². The van der Waals surface area contributed by atoms with E-state index in [1.807, 2.05) is 18.7 Å². The first-order chi connectivity index (χ1) is 9.04. The van der Waals surface area contributed by atoms with Gasteiger partial charge >= 0.3 is 0 Å². The van der Waals surface area contributed by atoms with Crippen LogP contribution in [0.1, 0.15) is 30.6 Å². The highest BCUT2D eigenvalue weighted by molar-refractivity contribution is 6.33. The zero-order valence-corrected chi connectivity index (χ0v) is 12.0. The highest BCUT2D eigenvalue weighted by Gasteiger charge is 2.30. The Balaban J connectivity index is 2.28. The zero-order chi connectivity index (χ0) is 14.0. The Morgan fingerprint density at radius 2 is 2.32 bits per heavy atom. The maximum atomic E-state index is 12.6. The van der Waals surface area contributed by atoms with Crippen LogP contribution in [0, 0.1) is 0 Å². The quantitative estimate of drug-likeness (QED) is 0.848. The smallest absolute Gasteiger partial charge is 0.256 e. The monoisotopic (exact) mass is 282 g/mol. The van der Waals surface area contributed by atoms with Crippen molar-refractivity contribution in [2.75, 3.05) is 18.9 Å². The first-order valence-corrected chi connectivity index (χ1v) is 6.89. The molecule has 0 aromatic heterocycles. The number of ether oxygens (including phenoxy) is 1. The van der Waals surface area contributed by atoms with E-state index in [9.17, 15) is 4.79 Å². The van der Waals surface area contributed by atoms with Crippen molar-refractivity contribution in [2.24, 2.45) is 0 Å². The number of carbonyl (C=O) groups is 1. The van der Waals surface area contributed by atoms with Gasteiger partial charge in [0, 0.05) is 6.54 Å². The predicted molar refractivity (Wildman–Crippen MR) is 76.4 cm³/mol. The van der Waals surface area contributed by atoms with Crippen molar-refractivity contribution in [3.63, 3.8) is 0 Å². The van der Waals surface area contributed by atoms with Crippen LogP contribution < -0.4 is 5.73 Å². The molecule has 0 saturated carbocycles. The molecular formula is C14H19ClN2O2. The Labute approximate surface area is 118 Å². The third-order valence-electron chi connectivity index (χ3n) is 3.48. The average Bonchev–Trinajstić information content (AvgIpc) is 2.41. The Morgan fingerprint density at radius 1 is 1.58 bits per heavy atom. The van der Waals surface area contributed by atoms with Crippen LogP contribution in [-0.4, -0.2) is 36.1 Å². The van der Waals surface area contributed by atoms with Crippen LogP contribution in [-0.2, 0) is 4.74 Å². The van der Waals surface area contributed by atoms with Crippen LogP contribution in [0.2, 0.25) is 5.02 Å². The number of nitrogens with zero attached hydrogens (tertiary/aromatic N) is 1. The number of morpholine rings is 1. The summed E-state index contributed by atoms with van der Waals surface area (Å²) in [5.41, 5.74) is 6.72. The molecular weight excluding hydrogens is 264 g/mol. The van der Waals surface area contributed by atoms with Gasteiger partial charge in [0.2, 0.25) is 0 Å². The standard InChI is InChI=1S/C14H19ClN2O2/c1-3-10-8-19-9(2)7-17(10)14(18)11-5-4-6-12(15)13(11)16/h4-6,9-10H,3,7-8,16H2,1-2H3. The molecule has 0 bridgehead atoms. The van der Waals surface area contributed by atoms with Crippen LogP contribution in [0.4, 0.5) is 5.69 Å². The second-order valence-electron chi connectivity index (χ2n) is 4.86. The molecule has 1 heterocycles. The molecule has 0 radical (unpaired) electrons. The van der Waals surface area contributed by atoms with Crippen LogP contribution in [0.3, 0.4) is 0 Å². The van der Waals surface area contributed by atoms with Gasteiger partial charge in [-0.05, 0) is 25.5 Å². The molecule has 19 heavy (non-hydrogen) atoms. The number of halogens is 1. The number of nitrogen functional groups attached to an aromatic ring is 1. The molecule has 1 aromatic carbocycles. The summed E-state index contributed by atoms with van der Waals surface area (Å²) in [6, 6.07) is 5.25. The molecule has 0 aliphatic carbocycles. The van der Waals surface area contributed by atoms with Gasteiger partial charge in [0.1, 0.15) is 0 Å². The fraction of sp³-hybridized carbons (Fsp3) is 0.500. The minimum Gasteiger partial charge on any atom is -0.397 e. The number of hydrogen-bond acceptors (Lipinski definition) is 3. The van der Waals surface area contributed by atoms with E-state index in [0.29, 0.717) is 29.4 Å². The van der Waals surface area contributed by atoms with Gasteiger partial charge in [-0.2, -0.15) is 0 Å². The summed E-state index contributed by atoms with van der Waals surface area (Å²) in [5.74, 6) is -0.0676. The minimum absolute atomic E-state index is 0.0483. The van der Waals surface area contributed by atoms with E-state index in [1.54, 1.807) is 18.2 Å². The molecule has 2 atom stereocenters. The van der Waals surface area contributed by atoms with E-state index in [4.69, 9.17) is 22.1 Å². The van der Waals surface area contributed by atoms with Crippen molar-refractivity contribution >= 4 is 23.2 Å². The predicted octanol–water partition coefficient (Wildman–Crippen LogP) is 2.56. The number of para-hydroxylation sites is 1. The number of anilines is 1.